The zero-order valence-electron chi connectivity index (χ0n) is 39.8. The van der Waals surface area contributed by atoms with Gasteiger partial charge in [0.2, 0.25) is 0 Å². The summed E-state index contributed by atoms with van der Waals surface area (Å²) in [5.74, 6) is 0. The van der Waals surface area contributed by atoms with Crippen LogP contribution in [0.4, 0.5) is 28.4 Å². The topological polar surface area (TPSA) is 15.3 Å². The van der Waals surface area contributed by atoms with E-state index in [0.29, 0.717) is 0 Å². The number of hydrogen-bond donors (Lipinski definition) is 1. The highest BCUT2D eigenvalue weighted by atomic mass is 15.2. The normalized spacial score (nSPS) is 18.4. The molecule has 324 valence electrons. The number of anilines is 5. The molecule has 0 fully saturated rings. The van der Waals surface area contributed by atoms with Crippen molar-refractivity contribution in [1.29, 1.82) is 0 Å². The Balaban J connectivity index is 1.16. The van der Waals surface area contributed by atoms with Crippen molar-refractivity contribution in [1.82, 2.24) is 0 Å². The van der Waals surface area contributed by atoms with Gasteiger partial charge in [-0.25, -0.2) is 0 Å². The molecule has 0 amide bonds. The summed E-state index contributed by atoms with van der Waals surface area (Å²) in [5, 5.41) is 6.69. The molecule has 0 saturated carbocycles. The van der Waals surface area contributed by atoms with Crippen LogP contribution in [0.1, 0.15) is 122 Å². The highest BCUT2D eigenvalue weighted by Crippen LogP contribution is 2.52. The van der Waals surface area contributed by atoms with E-state index in [0.717, 1.165) is 26.5 Å². The molecule has 1 N–H and O–H groups in total. The van der Waals surface area contributed by atoms with Crippen LogP contribution in [0.3, 0.4) is 0 Å². The predicted molar refractivity (Wildman–Crippen MR) is 283 cm³/mol. The smallest absolute Gasteiger partial charge is 0.198 e. The summed E-state index contributed by atoms with van der Waals surface area (Å²) in [6.45, 7) is 19.6. The zero-order chi connectivity index (χ0) is 44.9. The lowest BCUT2D eigenvalue weighted by molar-refractivity contribution is 0.332. The monoisotopic (exact) mass is 847 g/mol. The van der Waals surface area contributed by atoms with Gasteiger partial charge in [-0.15, -0.1) is 0 Å². The lowest BCUT2D eigenvalue weighted by Crippen LogP contribution is -2.41. The summed E-state index contributed by atoms with van der Waals surface area (Å²) in [6, 6.07) is 51.4. The number of nitrogens with zero attached hydrogens (tertiary/aromatic N) is 1. The molecule has 0 aromatic heterocycles. The molecule has 0 radical (unpaired) electrons. The molecule has 0 atom stereocenters. The maximum absolute atomic E-state index is 4.16. The number of rotatable bonds is 6. The maximum atomic E-state index is 4.16. The van der Waals surface area contributed by atoms with Crippen LogP contribution in [0.15, 0.2) is 152 Å². The van der Waals surface area contributed by atoms with Crippen molar-refractivity contribution < 1.29 is 0 Å². The molecule has 65 heavy (non-hydrogen) atoms. The number of hydrogen-bond acceptors (Lipinski definition) is 2. The molecule has 3 aliphatic carbocycles. The first-order valence-electron chi connectivity index (χ1n) is 24.3. The fourth-order valence-corrected chi connectivity index (χ4v) is 11.8. The highest BCUT2D eigenvalue weighted by molar-refractivity contribution is 6.74. The summed E-state index contributed by atoms with van der Waals surface area (Å²) in [6.07, 6.45) is 13.9. The molecular formula is C62H63BN2. The molecule has 2 nitrogen and oxygen atoms in total. The Morgan fingerprint density at radius 1 is 0.523 bits per heavy atom. The molecule has 11 rings (SSSR count). The van der Waals surface area contributed by atoms with Crippen molar-refractivity contribution >= 4 is 63.0 Å². The first kappa shape index (κ1) is 41.6. The van der Waals surface area contributed by atoms with Gasteiger partial charge < -0.3 is 10.2 Å². The number of fused-ring (bicyclic) bond motifs is 6. The van der Waals surface area contributed by atoms with E-state index >= 15 is 0 Å². The summed E-state index contributed by atoms with van der Waals surface area (Å²) in [4.78, 5) is 2.58. The van der Waals surface area contributed by atoms with E-state index in [1.807, 2.05) is 0 Å². The van der Waals surface area contributed by atoms with Gasteiger partial charge in [-0.3, -0.25) is 0 Å². The fraction of sp³-hybridized carbons (Fsp3) is 0.290. The Morgan fingerprint density at radius 2 is 1.17 bits per heavy atom. The van der Waals surface area contributed by atoms with E-state index < -0.39 is 0 Å². The first-order chi connectivity index (χ1) is 31.2. The van der Waals surface area contributed by atoms with Gasteiger partial charge in [0.1, 0.15) is 0 Å². The van der Waals surface area contributed by atoms with Crippen molar-refractivity contribution in [2.75, 3.05) is 10.2 Å². The zero-order valence-corrected chi connectivity index (χ0v) is 39.8. The van der Waals surface area contributed by atoms with Gasteiger partial charge in [-0.2, -0.15) is 0 Å². The second-order valence-electron chi connectivity index (χ2n) is 22.2. The van der Waals surface area contributed by atoms with Gasteiger partial charge in [-0.05, 0) is 170 Å². The largest absolute Gasteiger partial charge is 0.355 e. The third-order valence-electron chi connectivity index (χ3n) is 16.0. The fourth-order valence-electron chi connectivity index (χ4n) is 11.8. The van der Waals surface area contributed by atoms with Crippen molar-refractivity contribution in [3.63, 3.8) is 0 Å². The minimum Gasteiger partial charge on any atom is -0.355 e. The molecule has 0 bridgehead atoms. The molecule has 0 unspecified atom stereocenters. The maximum Gasteiger partial charge on any atom is 0.198 e. The lowest BCUT2D eigenvalue weighted by atomic mass is 9.57. The van der Waals surface area contributed by atoms with Crippen LogP contribution in [0.2, 0.25) is 0 Å². The molecule has 0 spiro atoms. The van der Waals surface area contributed by atoms with Gasteiger partial charge in [-0.1, -0.05) is 164 Å². The molecule has 0 saturated heterocycles. The Bertz CT molecular complexity index is 3090. The molecule has 3 heteroatoms. The van der Waals surface area contributed by atoms with Crippen molar-refractivity contribution in [2.24, 2.45) is 0 Å². The number of allylic oxidation sites excluding steroid dienone is 4. The van der Waals surface area contributed by atoms with Crippen LogP contribution in [0, 0.1) is 0 Å². The SMILES string of the molecule is CC1(C)CCC(C)(C)c2cc(Nc3cc4c(cc3-c3cc5ccccc5c5c3Bc3cc(-c6ccccc6)ccc3N5c3ccc(C5=CCCC=C5)cc3)C(C)(C)CCC4(C)C)ccc21. The molecule has 7 aromatic carbocycles. The Labute approximate surface area is 388 Å². The van der Waals surface area contributed by atoms with E-state index in [4.69, 9.17) is 0 Å². The van der Waals surface area contributed by atoms with E-state index in [2.05, 4.69) is 217 Å². The van der Waals surface area contributed by atoms with Gasteiger partial charge >= 0.3 is 0 Å². The Kier molecular flexibility index (Phi) is 9.78. The lowest BCUT2D eigenvalue weighted by Gasteiger charge is -2.43. The van der Waals surface area contributed by atoms with E-state index in [1.165, 1.54) is 125 Å². The van der Waals surface area contributed by atoms with Gasteiger partial charge in [0.25, 0.3) is 0 Å². The Morgan fingerprint density at radius 3 is 1.88 bits per heavy atom. The van der Waals surface area contributed by atoms with Gasteiger partial charge in [0.05, 0.1) is 0 Å². The minimum atomic E-state index is 0.0460. The summed E-state index contributed by atoms with van der Waals surface area (Å²) in [5.41, 5.74) is 22.7. The van der Waals surface area contributed by atoms with Gasteiger partial charge in [0, 0.05) is 39.4 Å². The van der Waals surface area contributed by atoms with Crippen LogP contribution >= 0.6 is 0 Å². The summed E-state index contributed by atoms with van der Waals surface area (Å²) < 4.78 is 0. The third kappa shape index (κ3) is 7.18. The van der Waals surface area contributed by atoms with Crippen molar-refractivity contribution in [3.05, 3.63) is 180 Å². The molecular weight excluding hydrogens is 784 g/mol. The van der Waals surface area contributed by atoms with E-state index in [9.17, 15) is 0 Å². The van der Waals surface area contributed by atoms with Crippen molar-refractivity contribution in [3.8, 4) is 22.3 Å². The van der Waals surface area contributed by atoms with Crippen molar-refractivity contribution in [2.45, 2.75) is 116 Å². The quantitative estimate of drug-likeness (QED) is 0.168. The first-order valence-corrected chi connectivity index (χ1v) is 24.3. The second kappa shape index (κ2) is 15.3. The third-order valence-corrected chi connectivity index (χ3v) is 16.0. The van der Waals surface area contributed by atoms with E-state index in [-0.39, 0.29) is 21.7 Å². The molecule has 7 aromatic rings. The van der Waals surface area contributed by atoms with Crippen LogP contribution in [0.5, 0.6) is 0 Å². The van der Waals surface area contributed by atoms with Crippen LogP contribution in [-0.4, -0.2) is 7.28 Å². The second-order valence-corrected chi connectivity index (χ2v) is 22.2. The molecule has 1 aliphatic heterocycles. The minimum absolute atomic E-state index is 0.0460. The average Bonchev–Trinajstić information content (AvgIpc) is 3.31. The number of nitrogens with one attached hydrogen (secondary N) is 1. The average molecular weight is 847 g/mol. The van der Waals surface area contributed by atoms with Crippen LogP contribution < -0.4 is 21.1 Å². The van der Waals surface area contributed by atoms with E-state index in [1.54, 1.807) is 0 Å². The van der Waals surface area contributed by atoms with Crippen LogP contribution in [-0.2, 0) is 21.7 Å². The van der Waals surface area contributed by atoms with Crippen LogP contribution in [0.25, 0.3) is 38.6 Å². The summed E-state index contributed by atoms with van der Waals surface area (Å²) >= 11 is 0. The molecule has 1 heterocycles. The summed E-state index contributed by atoms with van der Waals surface area (Å²) in [7, 11) is 0.825. The number of benzene rings is 7. The Hall–Kier alpha value is -6.06. The van der Waals surface area contributed by atoms with Gasteiger partial charge in [0.15, 0.2) is 7.28 Å². The highest BCUT2D eigenvalue weighted by Gasteiger charge is 2.40. The molecule has 4 aliphatic rings. The predicted octanol–water partition coefficient (Wildman–Crippen LogP) is 15.5. The standard InChI is InChI=1S/C62H63BN2/c1-59(2)31-32-60(3,4)51-37-45(26-29-50(51)59)64-55-39-53-52(61(5,6)33-34-62(53,7)8)38-48(55)49-35-44-21-15-16-22-47(44)58-57(49)63-54-36-43(41-19-13-10-14-20-41)25-30-56(54)65(58)46-27-23-42(24-28-46)40-17-11-9-12-18-40/h10-11,13-30,35-39,63-64H,9,12,31-34H2,1-8H3.